The van der Waals surface area contributed by atoms with Crippen LogP contribution in [0, 0.1) is 29.4 Å². The van der Waals surface area contributed by atoms with Gasteiger partial charge in [-0.3, -0.25) is 0 Å². The normalized spacial score (nSPS) is 25.9. The molecule has 154 valence electrons. The van der Waals surface area contributed by atoms with E-state index in [9.17, 15) is 8.78 Å². The summed E-state index contributed by atoms with van der Waals surface area (Å²) in [5.74, 6) is 1.13. The SMILES string of the molecule is CC/C=C\CC1CCC(C2CC=C(c3ccc(CCC)c(F)c3F)CC2)CC1. The molecule has 0 aromatic heterocycles. The molecule has 0 radical (unpaired) electrons. The number of aryl methyl sites for hydroxylation is 1. The second-order valence-electron chi connectivity index (χ2n) is 8.81. The Morgan fingerprint density at radius 3 is 2.36 bits per heavy atom. The van der Waals surface area contributed by atoms with Crippen LogP contribution in [0.15, 0.2) is 30.4 Å². The van der Waals surface area contributed by atoms with Gasteiger partial charge in [0.05, 0.1) is 0 Å². The molecule has 0 spiro atoms. The summed E-state index contributed by atoms with van der Waals surface area (Å²) in [5.41, 5.74) is 2.00. The summed E-state index contributed by atoms with van der Waals surface area (Å²) in [4.78, 5) is 0. The molecule has 0 nitrogen and oxygen atoms in total. The number of halogens is 2. The van der Waals surface area contributed by atoms with Crippen LogP contribution >= 0.6 is 0 Å². The van der Waals surface area contributed by atoms with Crippen LogP contribution in [0.1, 0.15) is 89.2 Å². The van der Waals surface area contributed by atoms with Gasteiger partial charge in [0.1, 0.15) is 0 Å². The highest BCUT2D eigenvalue weighted by Gasteiger charge is 2.29. The van der Waals surface area contributed by atoms with Crippen molar-refractivity contribution in [2.24, 2.45) is 17.8 Å². The number of hydrogen-bond donors (Lipinski definition) is 0. The standard InChI is InChI=1S/C26H36F2/c1-3-5-6-8-19-9-11-20(12-10-19)21-13-15-22(16-14-21)24-18-17-23(7-4-2)25(27)26(24)28/h5-6,15,17-21H,3-4,7-14,16H2,1-2H3/b6-5-. The van der Waals surface area contributed by atoms with E-state index in [0.717, 1.165) is 55.4 Å². The van der Waals surface area contributed by atoms with Crippen LogP contribution < -0.4 is 0 Å². The highest BCUT2D eigenvalue weighted by atomic mass is 19.2. The van der Waals surface area contributed by atoms with Crippen molar-refractivity contribution >= 4 is 5.57 Å². The largest absolute Gasteiger partial charge is 0.203 e. The molecule has 0 bridgehead atoms. The van der Waals surface area contributed by atoms with Crippen LogP contribution in [-0.2, 0) is 6.42 Å². The zero-order chi connectivity index (χ0) is 19.9. The topological polar surface area (TPSA) is 0 Å². The maximum atomic E-state index is 14.6. The Morgan fingerprint density at radius 2 is 1.71 bits per heavy atom. The van der Waals surface area contributed by atoms with Crippen LogP contribution in [0.5, 0.6) is 0 Å². The van der Waals surface area contributed by atoms with Gasteiger partial charge in [0.2, 0.25) is 0 Å². The van der Waals surface area contributed by atoms with Crippen LogP contribution in [0.4, 0.5) is 8.78 Å². The third-order valence-corrected chi connectivity index (χ3v) is 6.91. The second kappa shape index (κ2) is 10.4. The van der Waals surface area contributed by atoms with Crippen LogP contribution in [-0.4, -0.2) is 0 Å². The summed E-state index contributed by atoms with van der Waals surface area (Å²) in [6.07, 6.45) is 19.1. The quantitative estimate of drug-likeness (QED) is 0.414. The lowest BCUT2D eigenvalue weighted by molar-refractivity contribution is 0.195. The monoisotopic (exact) mass is 386 g/mol. The predicted molar refractivity (Wildman–Crippen MR) is 115 cm³/mol. The van der Waals surface area contributed by atoms with Crippen LogP contribution in [0.3, 0.4) is 0 Å². The van der Waals surface area contributed by atoms with E-state index in [1.807, 2.05) is 6.92 Å². The number of allylic oxidation sites excluding steroid dienone is 4. The molecule has 1 unspecified atom stereocenters. The molecule has 0 N–H and O–H groups in total. The fourth-order valence-corrected chi connectivity index (χ4v) is 5.18. The molecule has 3 rings (SSSR count). The molecule has 0 aliphatic heterocycles. The molecule has 1 atom stereocenters. The molecule has 0 saturated heterocycles. The Morgan fingerprint density at radius 1 is 0.929 bits per heavy atom. The number of benzene rings is 1. The van der Waals surface area contributed by atoms with Gasteiger partial charge in [0.25, 0.3) is 0 Å². The van der Waals surface area contributed by atoms with Crippen molar-refractivity contribution in [2.45, 2.75) is 84.5 Å². The molecule has 0 heterocycles. The summed E-state index contributed by atoms with van der Waals surface area (Å²) in [7, 11) is 0. The Hall–Kier alpha value is -1.44. The summed E-state index contributed by atoms with van der Waals surface area (Å²) in [5, 5.41) is 0. The van der Waals surface area contributed by atoms with E-state index in [4.69, 9.17) is 0 Å². The Bertz CT molecular complexity index is 693. The molecule has 1 fully saturated rings. The lowest BCUT2D eigenvalue weighted by atomic mass is 9.70. The lowest BCUT2D eigenvalue weighted by Crippen LogP contribution is -2.23. The first-order valence-corrected chi connectivity index (χ1v) is 11.4. The van der Waals surface area contributed by atoms with Gasteiger partial charge in [-0.15, -0.1) is 0 Å². The van der Waals surface area contributed by atoms with Crippen molar-refractivity contribution < 1.29 is 8.78 Å². The number of rotatable bonds is 7. The second-order valence-corrected chi connectivity index (χ2v) is 8.81. The van der Waals surface area contributed by atoms with Crippen LogP contribution in [0.25, 0.3) is 5.57 Å². The molecule has 2 heteroatoms. The van der Waals surface area contributed by atoms with Gasteiger partial charge in [-0.05, 0) is 93.1 Å². The molecule has 28 heavy (non-hydrogen) atoms. The predicted octanol–water partition coefficient (Wildman–Crippen LogP) is 8.26. The van der Waals surface area contributed by atoms with E-state index >= 15 is 0 Å². The van der Waals surface area contributed by atoms with Crippen LogP contribution in [0.2, 0.25) is 0 Å². The lowest BCUT2D eigenvalue weighted by Gasteiger charge is -2.35. The van der Waals surface area contributed by atoms with Gasteiger partial charge in [-0.1, -0.05) is 50.6 Å². The fourth-order valence-electron chi connectivity index (χ4n) is 5.18. The van der Waals surface area contributed by atoms with E-state index in [-0.39, 0.29) is 0 Å². The van der Waals surface area contributed by atoms with E-state index in [1.165, 1.54) is 32.1 Å². The van der Waals surface area contributed by atoms with E-state index in [2.05, 4.69) is 25.2 Å². The Labute approximate surface area is 170 Å². The molecular weight excluding hydrogens is 350 g/mol. The van der Waals surface area contributed by atoms with Gasteiger partial charge in [0, 0.05) is 5.56 Å². The molecule has 1 aromatic carbocycles. The number of hydrogen-bond acceptors (Lipinski definition) is 0. The molecule has 1 saturated carbocycles. The maximum absolute atomic E-state index is 14.6. The third kappa shape index (κ3) is 5.13. The average molecular weight is 387 g/mol. The van der Waals surface area contributed by atoms with Crippen molar-refractivity contribution in [1.82, 2.24) is 0 Å². The van der Waals surface area contributed by atoms with Gasteiger partial charge >= 0.3 is 0 Å². The first kappa shape index (κ1) is 21.3. The highest BCUT2D eigenvalue weighted by Crippen LogP contribution is 2.42. The van der Waals surface area contributed by atoms with Crippen molar-refractivity contribution in [3.8, 4) is 0 Å². The maximum Gasteiger partial charge on any atom is 0.166 e. The first-order chi connectivity index (χ1) is 13.6. The van der Waals surface area contributed by atoms with Gasteiger partial charge in [0.15, 0.2) is 11.6 Å². The minimum absolute atomic E-state index is 0.488. The Balaban J connectivity index is 1.57. The minimum atomic E-state index is -0.642. The highest BCUT2D eigenvalue weighted by molar-refractivity contribution is 5.67. The van der Waals surface area contributed by atoms with Crippen molar-refractivity contribution in [3.05, 3.63) is 53.1 Å². The van der Waals surface area contributed by atoms with Gasteiger partial charge in [-0.25, -0.2) is 8.78 Å². The molecule has 2 aliphatic rings. The van der Waals surface area contributed by atoms with Gasteiger partial charge < -0.3 is 0 Å². The zero-order valence-corrected chi connectivity index (χ0v) is 17.7. The minimum Gasteiger partial charge on any atom is -0.203 e. The third-order valence-electron chi connectivity index (χ3n) is 6.91. The molecule has 0 amide bonds. The fraction of sp³-hybridized carbons (Fsp3) is 0.615. The van der Waals surface area contributed by atoms with Gasteiger partial charge in [-0.2, -0.15) is 0 Å². The zero-order valence-electron chi connectivity index (χ0n) is 17.7. The van der Waals surface area contributed by atoms with E-state index in [1.54, 1.807) is 12.1 Å². The molecule has 2 aliphatic carbocycles. The van der Waals surface area contributed by atoms with Crippen molar-refractivity contribution in [3.63, 3.8) is 0 Å². The van der Waals surface area contributed by atoms with E-state index < -0.39 is 11.6 Å². The molecule has 1 aromatic rings. The first-order valence-electron chi connectivity index (χ1n) is 11.4. The van der Waals surface area contributed by atoms with Crippen molar-refractivity contribution in [2.75, 3.05) is 0 Å². The summed E-state index contributed by atoms with van der Waals surface area (Å²) in [6, 6.07) is 3.57. The smallest absolute Gasteiger partial charge is 0.166 e. The van der Waals surface area contributed by atoms with E-state index in [0.29, 0.717) is 17.5 Å². The van der Waals surface area contributed by atoms with Crippen molar-refractivity contribution in [1.29, 1.82) is 0 Å². The summed E-state index contributed by atoms with van der Waals surface area (Å²) in [6.45, 7) is 4.18. The average Bonchev–Trinajstić information content (AvgIpc) is 2.73. The molecular formula is C26H36F2. The Kier molecular flexibility index (Phi) is 7.88. The summed E-state index contributed by atoms with van der Waals surface area (Å²) >= 11 is 0. The summed E-state index contributed by atoms with van der Waals surface area (Å²) < 4.78 is 28.9.